The Kier molecular flexibility index (Phi) is 10.6. The van der Waals surface area contributed by atoms with Gasteiger partial charge in [0, 0.05) is 12.6 Å². The Morgan fingerprint density at radius 1 is 0.953 bits per heavy atom. The number of rotatable bonds is 11. The molecule has 3 aromatic carbocycles. The monoisotopic (exact) mass is 645 g/mol. The molecule has 11 heteroatoms. The number of anilines is 1. The molecule has 1 fully saturated rings. The maximum absolute atomic E-state index is 14.2. The zero-order valence-electron chi connectivity index (χ0n) is 24.8. The van der Waals surface area contributed by atoms with Crippen LogP contribution in [0.2, 0.25) is 10.0 Å². The first-order valence-corrected chi connectivity index (χ1v) is 16.4. The Morgan fingerprint density at radius 3 is 2.23 bits per heavy atom. The molecule has 8 nitrogen and oxygen atoms in total. The molecular formula is C32H37Cl2N3O5S. The van der Waals surface area contributed by atoms with Crippen molar-refractivity contribution in [2.75, 3.05) is 18.0 Å². The topological polar surface area (TPSA) is 96.0 Å². The summed E-state index contributed by atoms with van der Waals surface area (Å²) < 4.78 is 34.9. The molecule has 43 heavy (non-hydrogen) atoms. The second kappa shape index (κ2) is 14.0. The molecule has 0 aliphatic heterocycles. The van der Waals surface area contributed by atoms with Crippen LogP contribution in [0.5, 0.6) is 5.75 Å². The normalized spacial score (nSPS) is 14.3. The van der Waals surface area contributed by atoms with Crippen molar-refractivity contribution in [1.29, 1.82) is 0 Å². The second-order valence-corrected chi connectivity index (χ2v) is 13.6. The average Bonchev–Trinajstić information content (AvgIpc) is 3.49. The highest BCUT2D eigenvalue weighted by Crippen LogP contribution is 2.34. The number of aryl methyl sites for hydroxylation is 2. The summed E-state index contributed by atoms with van der Waals surface area (Å²) >= 11 is 12.4. The molecule has 0 aromatic heterocycles. The number of hydrogen-bond donors (Lipinski definition) is 1. The van der Waals surface area contributed by atoms with Crippen molar-refractivity contribution >= 4 is 50.7 Å². The number of nitrogens with zero attached hydrogens (tertiary/aromatic N) is 2. The van der Waals surface area contributed by atoms with Crippen LogP contribution in [-0.2, 0) is 26.2 Å². The number of hydrogen-bond acceptors (Lipinski definition) is 5. The summed E-state index contributed by atoms with van der Waals surface area (Å²) in [6, 6.07) is 15.7. The molecule has 3 aromatic rings. The number of ether oxygens (including phenoxy) is 1. The standard InChI is InChI=1S/C32H37Cl2N3O5S/c1-21-9-13-26(14-10-21)43(40,41)37(29-17-22(2)11-16-30(29)42-4)20-31(38)36(19-24-12-15-27(33)28(34)18-24)23(3)32(39)35-25-7-5-6-8-25/h9-18,23,25H,5-8,19-20H2,1-4H3,(H,35,39). The molecule has 0 heterocycles. The number of carbonyl (C=O) groups excluding carboxylic acids is 2. The van der Waals surface area contributed by atoms with Gasteiger partial charge in [0.2, 0.25) is 11.8 Å². The molecule has 2 amide bonds. The van der Waals surface area contributed by atoms with Gasteiger partial charge in [-0.3, -0.25) is 13.9 Å². The fourth-order valence-corrected chi connectivity index (χ4v) is 6.89. The fourth-order valence-electron chi connectivity index (χ4n) is 5.15. The van der Waals surface area contributed by atoms with E-state index in [4.69, 9.17) is 27.9 Å². The van der Waals surface area contributed by atoms with Crippen molar-refractivity contribution in [2.45, 2.75) is 70.0 Å². The smallest absolute Gasteiger partial charge is 0.264 e. The molecule has 1 aliphatic carbocycles. The van der Waals surface area contributed by atoms with Gasteiger partial charge in [-0.1, -0.05) is 65.9 Å². The molecule has 4 rings (SSSR count). The summed E-state index contributed by atoms with van der Waals surface area (Å²) in [4.78, 5) is 29.0. The number of amides is 2. The minimum atomic E-state index is -4.23. The van der Waals surface area contributed by atoms with Crippen LogP contribution in [0, 0.1) is 13.8 Å². The maximum Gasteiger partial charge on any atom is 0.264 e. The predicted molar refractivity (Wildman–Crippen MR) is 170 cm³/mol. The van der Waals surface area contributed by atoms with E-state index in [1.54, 1.807) is 55.5 Å². The lowest BCUT2D eigenvalue weighted by Crippen LogP contribution is -2.52. The molecule has 0 spiro atoms. The van der Waals surface area contributed by atoms with E-state index < -0.39 is 28.5 Å². The molecule has 1 unspecified atom stereocenters. The van der Waals surface area contributed by atoms with Crippen molar-refractivity contribution in [3.8, 4) is 5.75 Å². The third-order valence-electron chi connectivity index (χ3n) is 7.70. The number of benzene rings is 3. The zero-order valence-corrected chi connectivity index (χ0v) is 27.1. The van der Waals surface area contributed by atoms with Gasteiger partial charge in [-0.2, -0.15) is 0 Å². The molecule has 1 aliphatic rings. The molecule has 0 bridgehead atoms. The number of carbonyl (C=O) groups is 2. The molecule has 0 radical (unpaired) electrons. The van der Waals surface area contributed by atoms with Crippen LogP contribution in [0.3, 0.4) is 0 Å². The van der Waals surface area contributed by atoms with Gasteiger partial charge >= 0.3 is 0 Å². The zero-order chi connectivity index (χ0) is 31.3. The van der Waals surface area contributed by atoms with Gasteiger partial charge in [-0.25, -0.2) is 8.42 Å². The fraction of sp³-hybridized carbons (Fsp3) is 0.375. The molecular weight excluding hydrogens is 609 g/mol. The number of halogens is 2. The van der Waals surface area contributed by atoms with Crippen LogP contribution >= 0.6 is 23.2 Å². The lowest BCUT2D eigenvalue weighted by molar-refractivity contribution is -0.139. The summed E-state index contributed by atoms with van der Waals surface area (Å²) in [5, 5.41) is 3.73. The van der Waals surface area contributed by atoms with Gasteiger partial charge in [0.05, 0.1) is 27.7 Å². The van der Waals surface area contributed by atoms with E-state index in [2.05, 4.69) is 5.32 Å². The van der Waals surface area contributed by atoms with E-state index in [0.717, 1.165) is 41.1 Å². The van der Waals surface area contributed by atoms with Crippen molar-refractivity contribution < 1.29 is 22.7 Å². The minimum Gasteiger partial charge on any atom is -0.495 e. The van der Waals surface area contributed by atoms with E-state index in [1.165, 1.54) is 24.1 Å². The lowest BCUT2D eigenvalue weighted by Gasteiger charge is -2.33. The molecule has 1 saturated carbocycles. The predicted octanol–water partition coefficient (Wildman–Crippen LogP) is 6.29. The Labute approximate surface area is 264 Å². The van der Waals surface area contributed by atoms with E-state index in [9.17, 15) is 18.0 Å². The summed E-state index contributed by atoms with van der Waals surface area (Å²) in [7, 11) is -2.79. The lowest BCUT2D eigenvalue weighted by atomic mass is 10.1. The Hall–Kier alpha value is -3.27. The number of nitrogens with one attached hydrogen (secondary N) is 1. The van der Waals surface area contributed by atoms with Crippen molar-refractivity contribution in [2.24, 2.45) is 0 Å². The van der Waals surface area contributed by atoms with E-state index >= 15 is 0 Å². The van der Waals surface area contributed by atoms with Crippen LogP contribution in [0.1, 0.15) is 49.3 Å². The van der Waals surface area contributed by atoms with Crippen molar-refractivity contribution in [3.63, 3.8) is 0 Å². The van der Waals surface area contributed by atoms with E-state index in [0.29, 0.717) is 15.6 Å². The second-order valence-electron chi connectivity index (χ2n) is 10.9. The molecule has 1 atom stereocenters. The summed E-state index contributed by atoms with van der Waals surface area (Å²) in [5.74, 6) is -0.585. The van der Waals surface area contributed by atoms with Crippen molar-refractivity contribution in [3.05, 3.63) is 87.4 Å². The third kappa shape index (κ3) is 7.82. The van der Waals surface area contributed by atoms with Gasteiger partial charge in [-0.05, 0) is 81.1 Å². The first kappa shape index (κ1) is 32.6. The molecule has 0 saturated heterocycles. The highest BCUT2D eigenvalue weighted by atomic mass is 35.5. The largest absolute Gasteiger partial charge is 0.495 e. The van der Waals surface area contributed by atoms with Crippen LogP contribution in [0.15, 0.2) is 65.6 Å². The summed E-state index contributed by atoms with van der Waals surface area (Å²) in [6.45, 7) is 4.77. The Bertz CT molecular complexity index is 1570. The summed E-state index contributed by atoms with van der Waals surface area (Å²) in [5.41, 5.74) is 2.53. The third-order valence-corrected chi connectivity index (χ3v) is 10.2. The SMILES string of the molecule is COc1ccc(C)cc1N(CC(=O)N(Cc1ccc(Cl)c(Cl)c1)C(C)C(=O)NC1CCCC1)S(=O)(=O)c1ccc(C)cc1. The van der Waals surface area contributed by atoms with Crippen LogP contribution in [-0.4, -0.2) is 50.9 Å². The molecule has 1 N–H and O–H groups in total. The average molecular weight is 647 g/mol. The van der Waals surface area contributed by atoms with Gasteiger partial charge in [0.15, 0.2) is 0 Å². The first-order valence-electron chi connectivity index (χ1n) is 14.2. The first-order chi connectivity index (χ1) is 20.4. The Morgan fingerprint density at radius 2 is 1.60 bits per heavy atom. The maximum atomic E-state index is 14.2. The van der Waals surface area contributed by atoms with Crippen molar-refractivity contribution in [1.82, 2.24) is 10.2 Å². The number of sulfonamides is 1. The van der Waals surface area contributed by atoms with E-state index in [-0.39, 0.29) is 34.8 Å². The van der Waals surface area contributed by atoms with Gasteiger partial charge in [0.25, 0.3) is 10.0 Å². The highest BCUT2D eigenvalue weighted by molar-refractivity contribution is 7.92. The molecule has 230 valence electrons. The van der Waals surface area contributed by atoms with Crippen LogP contribution in [0.25, 0.3) is 0 Å². The Balaban J connectivity index is 1.75. The quantitative estimate of drug-likeness (QED) is 0.264. The van der Waals surface area contributed by atoms with E-state index in [1.807, 2.05) is 13.8 Å². The van der Waals surface area contributed by atoms with Gasteiger partial charge in [-0.15, -0.1) is 0 Å². The summed E-state index contributed by atoms with van der Waals surface area (Å²) in [6.07, 6.45) is 3.84. The van der Waals surface area contributed by atoms with Crippen LogP contribution < -0.4 is 14.4 Å². The van der Waals surface area contributed by atoms with Gasteiger partial charge in [0.1, 0.15) is 18.3 Å². The minimum absolute atomic E-state index is 0.0122. The van der Waals surface area contributed by atoms with Crippen LogP contribution in [0.4, 0.5) is 5.69 Å². The number of methoxy groups -OCH3 is 1. The van der Waals surface area contributed by atoms with Gasteiger partial charge < -0.3 is 15.0 Å². The highest BCUT2D eigenvalue weighted by Gasteiger charge is 2.34.